The largest absolute Gasteiger partial charge is 0.397 e. The molecule has 0 aliphatic rings. The zero-order chi connectivity index (χ0) is 11.3. The first-order valence-corrected chi connectivity index (χ1v) is 6.61. The van der Waals surface area contributed by atoms with E-state index in [9.17, 15) is 0 Å². The first-order valence-electron chi connectivity index (χ1n) is 5.22. The van der Waals surface area contributed by atoms with Crippen molar-refractivity contribution in [3.63, 3.8) is 0 Å². The number of nitrogens with two attached hydrogens (primary N) is 1. The molecule has 1 rings (SSSR count). The summed E-state index contributed by atoms with van der Waals surface area (Å²) in [7, 11) is 0. The third-order valence-electron chi connectivity index (χ3n) is 2.30. The molecular weight excluding hydrogens is 204 g/mol. The molecule has 0 heterocycles. The van der Waals surface area contributed by atoms with Crippen molar-refractivity contribution in [2.45, 2.75) is 13.8 Å². The van der Waals surface area contributed by atoms with Crippen LogP contribution in [0.25, 0.3) is 0 Å². The summed E-state index contributed by atoms with van der Waals surface area (Å²) in [5, 5.41) is 3.39. The Balaban J connectivity index is 2.50. The number of thioether (sulfide) groups is 1. The van der Waals surface area contributed by atoms with Gasteiger partial charge in [-0.1, -0.05) is 13.0 Å². The van der Waals surface area contributed by atoms with Crippen molar-refractivity contribution in [1.82, 2.24) is 0 Å². The Hall–Kier alpha value is -0.830. The monoisotopic (exact) mass is 224 g/mol. The van der Waals surface area contributed by atoms with Gasteiger partial charge in [0, 0.05) is 6.54 Å². The summed E-state index contributed by atoms with van der Waals surface area (Å²) in [6.45, 7) is 5.28. The number of benzene rings is 1. The maximum Gasteiger partial charge on any atom is 0.0574 e. The minimum Gasteiger partial charge on any atom is -0.397 e. The molecule has 0 saturated carbocycles. The Morgan fingerprint density at radius 2 is 2.20 bits per heavy atom. The first kappa shape index (κ1) is 12.2. The number of nitrogens with one attached hydrogen (secondary N) is 1. The van der Waals surface area contributed by atoms with E-state index in [1.807, 2.05) is 17.8 Å². The molecule has 3 heteroatoms. The molecule has 2 nitrogen and oxygen atoms in total. The van der Waals surface area contributed by atoms with E-state index in [0.29, 0.717) is 5.92 Å². The van der Waals surface area contributed by atoms with Crippen LogP contribution in [-0.2, 0) is 0 Å². The summed E-state index contributed by atoms with van der Waals surface area (Å²) in [6.07, 6.45) is 2.14. The summed E-state index contributed by atoms with van der Waals surface area (Å²) in [4.78, 5) is 0. The molecule has 1 aromatic carbocycles. The number of hydrogen-bond acceptors (Lipinski definition) is 3. The molecule has 0 aliphatic carbocycles. The molecule has 15 heavy (non-hydrogen) atoms. The zero-order valence-corrected chi connectivity index (χ0v) is 10.5. The van der Waals surface area contributed by atoms with E-state index in [1.165, 1.54) is 11.3 Å². The Morgan fingerprint density at radius 3 is 2.80 bits per heavy atom. The summed E-state index contributed by atoms with van der Waals surface area (Å²) in [6, 6.07) is 6.13. The van der Waals surface area contributed by atoms with Gasteiger partial charge in [-0.15, -0.1) is 0 Å². The Bertz CT molecular complexity index is 312. The van der Waals surface area contributed by atoms with Crippen molar-refractivity contribution in [3.8, 4) is 0 Å². The van der Waals surface area contributed by atoms with Crippen molar-refractivity contribution < 1.29 is 0 Å². The number of hydrogen-bond donors (Lipinski definition) is 2. The van der Waals surface area contributed by atoms with E-state index in [1.54, 1.807) is 0 Å². The van der Waals surface area contributed by atoms with Crippen LogP contribution < -0.4 is 11.1 Å². The minimum atomic E-state index is 0.667. The van der Waals surface area contributed by atoms with Crippen LogP contribution in [0.1, 0.15) is 12.5 Å². The second-order valence-electron chi connectivity index (χ2n) is 4.03. The average molecular weight is 224 g/mol. The SMILES string of the molecule is CSCC(C)CNc1ccc(C)cc1N. The fourth-order valence-corrected chi connectivity index (χ4v) is 2.16. The summed E-state index contributed by atoms with van der Waals surface area (Å²) < 4.78 is 0. The van der Waals surface area contributed by atoms with E-state index >= 15 is 0 Å². The fraction of sp³-hybridized carbons (Fsp3) is 0.500. The second-order valence-corrected chi connectivity index (χ2v) is 4.94. The molecule has 0 amide bonds. The van der Waals surface area contributed by atoms with Crippen LogP contribution in [-0.4, -0.2) is 18.6 Å². The third-order valence-corrected chi connectivity index (χ3v) is 3.20. The van der Waals surface area contributed by atoms with Crippen LogP contribution in [0, 0.1) is 12.8 Å². The van der Waals surface area contributed by atoms with Gasteiger partial charge in [0.15, 0.2) is 0 Å². The van der Waals surface area contributed by atoms with Gasteiger partial charge in [0.2, 0.25) is 0 Å². The van der Waals surface area contributed by atoms with Crippen LogP contribution in [0.3, 0.4) is 0 Å². The van der Waals surface area contributed by atoms with E-state index < -0.39 is 0 Å². The lowest BCUT2D eigenvalue weighted by molar-refractivity contribution is 0.702. The summed E-state index contributed by atoms with van der Waals surface area (Å²) >= 11 is 1.88. The van der Waals surface area contributed by atoms with Gasteiger partial charge in [-0.3, -0.25) is 0 Å². The normalized spacial score (nSPS) is 12.5. The molecule has 1 atom stereocenters. The maximum atomic E-state index is 5.91. The van der Waals surface area contributed by atoms with Crippen LogP contribution in [0.4, 0.5) is 11.4 Å². The summed E-state index contributed by atoms with van der Waals surface area (Å²) in [5.74, 6) is 1.85. The molecule has 3 N–H and O–H groups in total. The highest BCUT2D eigenvalue weighted by Gasteiger charge is 2.02. The van der Waals surface area contributed by atoms with Crippen LogP contribution >= 0.6 is 11.8 Å². The topological polar surface area (TPSA) is 38.0 Å². The Kier molecular flexibility index (Phi) is 4.82. The average Bonchev–Trinajstić information content (AvgIpc) is 2.17. The number of anilines is 2. The van der Waals surface area contributed by atoms with E-state index in [-0.39, 0.29) is 0 Å². The number of rotatable bonds is 5. The van der Waals surface area contributed by atoms with Gasteiger partial charge in [-0.25, -0.2) is 0 Å². The van der Waals surface area contributed by atoms with Crippen LogP contribution in [0.15, 0.2) is 18.2 Å². The van der Waals surface area contributed by atoms with Gasteiger partial charge in [0.25, 0.3) is 0 Å². The van der Waals surface area contributed by atoms with Crippen molar-refractivity contribution in [3.05, 3.63) is 23.8 Å². The van der Waals surface area contributed by atoms with Crippen molar-refractivity contribution >= 4 is 23.1 Å². The molecule has 84 valence electrons. The fourth-order valence-electron chi connectivity index (χ4n) is 1.47. The molecule has 0 aliphatic heterocycles. The summed E-state index contributed by atoms with van der Waals surface area (Å²) in [5.41, 5.74) is 9.01. The number of nitrogen functional groups attached to an aromatic ring is 1. The van der Waals surface area contributed by atoms with Crippen LogP contribution in [0.2, 0.25) is 0 Å². The molecule has 0 fully saturated rings. The lowest BCUT2D eigenvalue weighted by Gasteiger charge is -2.14. The van der Waals surface area contributed by atoms with E-state index in [4.69, 9.17) is 5.73 Å². The predicted octanol–water partition coefficient (Wildman–Crippen LogP) is 2.99. The molecule has 1 unspecified atom stereocenters. The predicted molar refractivity (Wildman–Crippen MR) is 71.6 cm³/mol. The van der Waals surface area contributed by atoms with Gasteiger partial charge in [-0.05, 0) is 42.5 Å². The Morgan fingerprint density at radius 1 is 1.47 bits per heavy atom. The highest BCUT2D eigenvalue weighted by atomic mass is 32.2. The van der Waals surface area contributed by atoms with E-state index in [0.717, 1.165) is 17.9 Å². The molecule has 0 spiro atoms. The number of aryl methyl sites for hydroxylation is 1. The smallest absolute Gasteiger partial charge is 0.0574 e. The zero-order valence-electron chi connectivity index (χ0n) is 9.71. The van der Waals surface area contributed by atoms with Crippen molar-refractivity contribution in [2.24, 2.45) is 5.92 Å². The highest BCUT2D eigenvalue weighted by Crippen LogP contribution is 2.19. The Labute approximate surface area is 96.6 Å². The molecular formula is C12H20N2S. The molecule has 0 saturated heterocycles. The van der Waals surface area contributed by atoms with Gasteiger partial charge < -0.3 is 11.1 Å². The van der Waals surface area contributed by atoms with E-state index in [2.05, 4.69) is 37.6 Å². The van der Waals surface area contributed by atoms with Crippen LogP contribution in [0.5, 0.6) is 0 Å². The van der Waals surface area contributed by atoms with Crippen molar-refractivity contribution in [1.29, 1.82) is 0 Å². The molecule has 0 radical (unpaired) electrons. The van der Waals surface area contributed by atoms with Crippen molar-refractivity contribution in [2.75, 3.05) is 29.6 Å². The molecule has 0 bridgehead atoms. The molecule has 1 aromatic rings. The lowest BCUT2D eigenvalue weighted by Crippen LogP contribution is -2.14. The lowest BCUT2D eigenvalue weighted by atomic mass is 10.1. The van der Waals surface area contributed by atoms with Gasteiger partial charge >= 0.3 is 0 Å². The highest BCUT2D eigenvalue weighted by molar-refractivity contribution is 7.98. The third kappa shape index (κ3) is 4.04. The molecule has 0 aromatic heterocycles. The quantitative estimate of drug-likeness (QED) is 0.755. The first-order chi connectivity index (χ1) is 7.13. The minimum absolute atomic E-state index is 0.667. The van der Waals surface area contributed by atoms with Gasteiger partial charge in [0.1, 0.15) is 0 Å². The second kappa shape index (κ2) is 5.91. The van der Waals surface area contributed by atoms with Gasteiger partial charge in [0.05, 0.1) is 11.4 Å². The standard InChI is InChI=1S/C12H20N2S/c1-9-4-5-12(11(13)6-9)14-7-10(2)8-15-3/h4-6,10,14H,7-8,13H2,1-3H3. The van der Waals surface area contributed by atoms with Gasteiger partial charge in [-0.2, -0.15) is 11.8 Å². The maximum absolute atomic E-state index is 5.91.